The normalized spacial score (nSPS) is 21.4. The SMILES string of the molecule is COc1cc(OC)c([C@@H]2CC(=O)N(N(C)C)C3=C2C(=O)CC(C)(C)C3)cc1OC. The van der Waals surface area contributed by atoms with Crippen LogP contribution in [-0.2, 0) is 9.59 Å². The quantitative estimate of drug-likeness (QED) is 0.754. The van der Waals surface area contributed by atoms with Crippen LogP contribution in [0.15, 0.2) is 23.4 Å². The number of ether oxygens (including phenoxy) is 3. The molecule has 1 aromatic rings. The zero-order valence-corrected chi connectivity index (χ0v) is 18.3. The molecule has 29 heavy (non-hydrogen) atoms. The van der Waals surface area contributed by atoms with Gasteiger partial charge in [0, 0.05) is 55.8 Å². The number of hydrogen-bond acceptors (Lipinski definition) is 6. The highest BCUT2D eigenvalue weighted by Gasteiger charge is 2.45. The number of carbonyl (C=O) groups excluding carboxylic acids is 2. The predicted octanol–water partition coefficient (Wildman–Crippen LogP) is 3.15. The minimum absolute atomic E-state index is 0.0407. The smallest absolute Gasteiger partial charge is 0.242 e. The molecule has 3 rings (SSSR count). The van der Waals surface area contributed by atoms with Gasteiger partial charge in [-0.15, -0.1) is 0 Å². The van der Waals surface area contributed by atoms with Gasteiger partial charge in [-0.05, 0) is 17.9 Å². The molecule has 1 heterocycles. The Morgan fingerprint density at radius 1 is 0.966 bits per heavy atom. The maximum atomic E-state index is 13.3. The molecule has 0 aromatic heterocycles. The molecule has 7 nitrogen and oxygen atoms in total. The van der Waals surface area contributed by atoms with Crippen molar-refractivity contribution in [2.45, 2.75) is 39.0 Å². The van der Waals surface area contributed by atoms with E-state index in [1.807, 2.05) is 20.2 Å². The monoisotopic (exact) mass is 402 g/mol. The van der Waals surface area contributed by atoms with Gasteiger partial charge >= 0.3 is 0 Å². The van der Waals surface area contributed by atoms with Crippen LogP contribution in [-0.4, -0.2) is 57.1 Å². The fourth-order valence-electron chi connectivity index (χ4n) is 4.46. The molecule has 0 saturated carbocycles. The molecule has 1 aromatic carbocycles. The number of rotatable bonds is 5. The number of benzene rings is 1. The summed E-state index contributed by atoms with van der Waals surface area (Å²) in [7, 11) is 8.34. The van der Waals surface area contributed by atoms with E-state index in [-0.39, 0.29) is 29.4 Å². The Kier molecular flexibility index (Phi) is 5.63. The fraction of sp³-hybridized carbons (Fsp3) is 0.545. The first-order valence-corrected chi connectivity index (χ1v) is 9.70. The van der Waals surface area contributed by atoms with E-state index in [0.717, 1.165) is 11.3 Å². The van der Waals surface area contributed by atoms with E-state index in [4.69, 9.17) is 14.2 Å². The van der Waals surface area contributed by atoms with Gasteiger partial charge in [0.05, 0.1) is 21.3 Å². The maximum Gasteiger partial charge on any atom is 0.242 e. The van der Waals surface area contributed by atoms with Crippen molar-refractivity contribution in [2.75, 3.05) is 35.4 Å². The van der Waals surface area contributed by atoms with E-state index >= 15 is 0 Å². The van der Waals surface area contributed by atoms with Crippen molar-refractivity contribution in [3.8, 4) is 17.2 Å². The number of hydrazine groups is 1. The number of methoxy groups -OCH3 is 3. The van der Waals surface area contributed by atoms with E-state index in [0.29, 0.717) is 35.7 Å². The molecule has 1 atom stereocenters. The number of allylic oxidation sites excluding steroid dienone is 2. The highest BCUT2D eigenvalue weighted by Crippen LogP contribution is 2.50. The van der Waals surface area contributed by atoms with Gasteiger partial charge in [0.15, 0.2) is 17.3 Å². The highest BCUT2D eigenvalue weighted by molar-refractivity contribution is 6.02. The number of amides is 1. The van der Waals surface area contributed by atoms with Gasteiger partial charge in [0.25, 0.3) is 0 Å². The molecule has 7 heteroatoms. The highest BCUT2D eigenvalue weighted by atomic mass is 16.5. The van der Waals surface area contributed by atoms with Crippen molar-refractivity contribution in [2.24, 2.45) is 5.41 Å². The van der Waals surface area contributed by atoms with Crippen LogP contribution in [0.5, 0.6) is 17.2 Å². The Morgan fingerprint density at radius 2 is 1.55 bits per heavy atom. The van der Waals surface area contributed by atoms with Gasteiger partial charge in [0.1, 0.15) is 5.75 Å². The predicted molar refractivity (Wildman–Crippen MR) is 109 cm³/mol. The molecule has 0 fully saturated rings. The standard InChI is InChI=1S/C22H30N2O5/c1-22(2)11-15-21(16(25)12-22)14(9-20(26)24(15)23(3)4)13-8-18(28-6)19(29-7)10-17(13)27-5/h8,10,14H,9,11-12H2,1-7H3/t14-/m0/s1. The van der Waals surface area contributed by atoms with Crippen LogP contribution in [0.4, 0.5) is 0 Å². The third kappa shape index (κ3) is 3.71. The zero-order valence-electron chi connectivity index (χ0n) is 18.3. The molecule has 0 spiro atoms. The van der Waals surface area contributed by atoms with Gasteiger partial charge < -0.3 is 14.2 Å². The number of Topliss-reactive ketones (excluding diaryl/α,β-unsaturated/α-hetero) is 1. The summed E-state index contributed by atoms with van der Waals surface area (Å²) in [4.78, 5) is 26.4. The molecule has 0 N–H and O–H groups in total. The average molecular weight is 402 g/mol. The van der Waals surface area contributed by atoms with Gasteiger partial charge in [0.2, 0.25) is 5.91 Å². The molecule has 0 bridgehead atoms. The van der Waals surface area contributed by atoms with E-state index in [9.17, 15) is 9.59 Å². The molecule has 1 aliphatic heterocycles. The third-order valence-corrected chi connectivity index (χ3v) is 5.63. The van der Waals surface area contributed by atoms with Crippen molar-refractivity contribution in [3.05, 3.63) is 29.0 Å². The maximum absolute atomic E-state index is 13.3. The zero-order chi connectivity index (χ0) is 21.5. The van der Waals surface area contributed by atoms with Crippen molar-refractivity contribution < 1.29 is 23.8 Å². The van der Waals surface area contributed by atoms with Crippen molar-refractivity contribution in [1.82, 2.24) is 10.0 Å². The number of hydrogen-bond donors (Lipinski definition) is 0. The fourth-order valence-corrected chi connectivity index (χ4v) is 4.46. The van der Waals surface area contributed by atoms with Crippen LogP contribution >= 0.6 is 0 Å². The summed E-state index contributed by atoms with van der Waals surface area (Å²) in [5.41, 5.74) is 2.04. The van der Waals surface area contributed by atoms with Crippen molar-refractivity contribution in [1.29, 1.82) is 0 Å². The molecular weight excluding hydrogens is 372 g/mol. The first-order chi connectivity index (χ1) is 13.6. The van der Waals surface area contributed by atoms with Crippen molar-refractivity contribution in [3.63, 3.8) is 0 Å². The second-order valence-corrected chi connectivity index (χ2v) is 8.56. The minimum atomic E-state index is -0.382. The van der Waals surface area contributed by atoms with Gasteiger partial charge in [-0.1, -0.05) is 13.8 Å². The molecule has 1 amide bonds. The molecule has 2 aliphatic rings. The summed E-state index contributed by atoms with van der Waals surface area (Å²) in [5, 5.41) is 3.41. The number of ketones is 1. The molecule has 0 radical (unpaired) electrons. The number of nitrogens with zero attached hydrogens (tertiary/aromatic N) is 2. The summed E-state index contributed by atoms with van der Waals surface area (Å²) in [6.45, 7) is 4.13. The topological polar surface area (TPSA) is 68.3 Å². The lowest BCUT2D eigenvalue weighted by atomic mass is 9.69. The summed E-state index contributed by atoms with van der Waals surface area (Å²) in [5.74, 6) is 1.31. The molecule has 0 saturated heterocycles. The Bertz CT molecular complexity index is 872. The Labute approximate surface area is 172 Å². The average Bonchev–Trinajstić information content (AvgIpc) is 2.64. The van der Waals surface area contributed by atoms with Crippen LogP contribution in [0.1, 0.15) is 44.6 Å². The second kappa shape index (κ2) is 7.71. The van der Waals surface area contributed by atoms with Crippen molar-refractivity contribution >= 4 is 11.7 Å². The van der Waals surface area contributed by atoms with Gasteiger partial charge in [-0.25, -0.2) is 10.0 Å². The van der Waals surface area contributed by atoms with E-state index in [2.05, 4.69) is 13.8 Å². The second-order valence-electron chi connectivity index (χ2n) is 8.56. The van der Waals surface area contributed by atoms with Crippen LogP contribution in [0.2, 0.25) is 0 Å². The Morgan fingerprint density at radius 3 is 2.10 bits per heavy atom. The van der Waals surface area contributed by atoms with Gasteiger partial charge in [-0.2, -0.15) is 0 Å². The summed E-state index contributed by atoms with van der Waals surface area (Å²) >= 11 is 0. The van der Waals surface area contributed by atoms with Crippen LogP contribution in [0.25, 0.3) is 0 Å². The van der Waals surface area contributed by atoms with Gasteiger partial charge in [-0.3, -0.25) is 9.59 Å². The largest absolute Gasteiger partial charge is 0.496 e. The van der Waals surface area contributed by atoms with Crippen LogP contribution < -0.4 is 14.2 Å². The lowest BCUT2D eigenvalue weighted by Crippen LogP contribution is -2.49. The Balaban J connectivity index is 2.24. The first-order valence-electron chi connectivity index (χ1n) is 9.70. The molecule has 1 aliphatic carbocycles. The third-order valence-electron chi connectivity index (χ3n) is 5.63. The van der Waals surface area contributed by atoms with E-state index in [1.54, 1.807) is 37.4 Å². The summed E-state index contributed by atoms with van der Waals surface area (Å²) in [6.07, 6.45) is 1.30. The first kappa shape index (κ1) is 21.2. The lowest BCUT2D eigenvalue weighted by Gasteiger charge is -2.44. The van der Waals surface area contributed by atoms with E-state index in [1.165, 1.54) is 0 Å². The molecule has 0 unspecified atom stereocenters. The molecule has 158 valence electrons. The summed E-state index contributed by atoms with van der Waals surface area (Å²) in [6, 6.07) is 3.56. The van der Waals surface area contributed by atoms with Crippen LogP contribution in [0.3, 0.4) is 0 Å². The van der Waals surface area contributed by atoms with E-state index < -0.39 is 0 Å². The number of carbonyl (C=O) groups is 2. The lowest BCUT2D eigenvalue weighted by molar-refractivity contribution is -0.143. The summed E-state index contributed by atoms with van der Waals surface area (Å²) < 4.78 is 16.4. The minimum Gasteiger partial charge on any atom is -0.496 e. The molecular formula is C22H30N2O5. The van der Waals surface area contributed by atoms with Crippen LogP contribution in [0, 0.1) is 5.41 Å². The Hall–Kier alpha value is -2.54.